The van der Waals surface area contributed by atoms with Crippen molar-refractivity contribution in [3.63, 3.8) is 0 Å². The molecule has 7 nitrogen and oxygen atoms in total. The van der Waals surface area contributed by atoms with Crippen LogP contribution >= 0.6 is 12.4 Å². The Morgan fingerprint density at radius 1 is 1.26 bits per heavy atom. The summed E-state index contributed by atoms with van der Waals surface area (Å²) in [7, 11) is -2.34. The van der Waals surface area contributed by atoms with Crippen molar-refractivity contribution in [2.75, 3.05) is 20.2 Å². The van der Waals surface area contributed by atoms with Crippen LogP contribution in [0.1, 0.15) is 43.5 Å². The molecule has 0 aliphatic carbocycles. The normalized spacial score (nSPS) is 22.3. The van der Waals surface area contributed by atoms with Gasteiger partial charge in [-0.1, -0.05) is 0 Å². The van der Waals surface area contributed by atoms with Crippen LogP contribution in [0.3, 0.4) is 0 Å². The molecular weight excluding hydrogens is 390 g/mol. The summed E-state index contributed by atoms with van der Waals surface area (Å²) in [6.45, 7) is 4.84. The predicted octanol–water partition coefficient (Wildman–Crippen LogP) is 1.77. The smallest absolute Gasteiger partial charge is 0.253 e. The third kappa shape index (κ3) is 4.93. The van der Waals surface area contributed by atoms with E-state index >= 15 is 0 Å². The molecule has 27 heavy (non-hydrogen) atoms. The summed E-state index contributed by atoms with van der Waals surface area (Å²) in [5, 5.41) is 3.54. The number of rotatable bonds is 5. The van der Waals surface area contributed by atoms with Gasteiger partial charge in [-0.3, -0.25) is 4.79 Å². The standard InChI is InChI=1S/C18H27N3O4S.ClH/c1-12(2)20-26(23,24)17-10-13(4-7-16(17)25-3)18(22)21-9-8-14-5-6-15(11-21)19-14;/h4,7,10,12,14-15,19-20H,5-6,8-9,11H2,1-3H3;1H. The van der Waals surface area contributed by atoms with Crippen LogP contribution in [0.5, 0.6) is 5.75 Å². The van der Waals surface area contributed by atoms with E-state index in [2.05, 4.69) is 10.0 Å². The maximum absolute atomic E-state index is 13.0. The highest BCUT2D eigenvalue weighted by Gasteiger charge is 2.32. The van der Waals surface area contributed by atoms with Gasteiger partial charge in [0.2, 0.25) is 10.0 Å². The highest BCUT2D eigenvalue weighted by molar-refractivity contribution is 7.89. The zero-order valence-electron chi connectivity index (χ0n) is 15.9. The predicted molar refractivity (Wildman–Crippen MR) is 106 cm³/mol. The second-order valence-corrected chi connectivity index (χ2v) is 9.00. The fourth-order valence-electron chi connectivity index (χ4n) is 3.70. The summed E-state index contributed by atoms with van der Waals surface area (Å²) in [5.41, 5.74) is 0.368. The first kappa shape index (κ1) is 21.9. The first-order valence-electron chi connectivity index (χ1n) is 9.06. The topological polar surface area (TPSA) is 87.7 Å². The number of sulfonamides is 1. The fourth-order valence-corrected chi connectivity index (χ4v) is 5.15. The van der Waals surface area contributed by atoms with Crippen molar-refractivity contribution in [2.45, 2.75) is 56.1 Å². The van der Waals surface area contributed by atoms with Gasteiger partial charge in [0, 0.05) is 36.8 Å². The molecule has 0 saturated carbocycles. The number of hydrogen-bond acceptors (Lipinski definition) is 5. The molecule has 3 rings (SSSR count). The van der Waals surface area contributed by atoms with E-state index in [1.807, 2.05) is 4.90 Å². The average Bonchev–Trinajstić information content (AvgIpc) is 2.91. The monoisotopic (exact) mass is 417 g/mol. The number of hydrogen-bond donors (Lipinski definition) is 2. The van der Waals surface area contributed by atoms with Crippen molar-refractivity contribution in [1.82, 2.24) is 14.9 Å². The van der Waals surface area contributed by atoms with Crippen molar-refractivity contribution in [3.8, 4) is 5.75 Å². The lowest BCUT2D eigenvalue weighted by molar-refractivity contribution is 0.0748. The summed E-state index contributed by atoms with van der Waals surface area (Å²) < 4.78 is 33.0. The molecule has 2 bridgehead atoms. The maximum Gasteiger partial charge on any atom is 0.253 e. The van der Waals surface area contributed by atoms with Crippen LogP contribution in [0, 0.1) is 0 Å². The zero-order valence-corrected chi connectivity index (χ0v) is 17.5. The van der Waals surface area contributed by atoms with Gasteiger partial charge < -0.3 is 15.0 Å². The number of benzene rings is 1. The third-order valence-electron chi connectivity index (χ3n) is 4.90. The molecule has 2 atom stereocenters. The average molecular weight is 418 g/mol. The van der Waals surface area contributed by atoms with E-state index in [0.717, 1.165) is 12.8 Å². The van der Waals surface area contributed by atoms with E-state index in [1.165, 1.54) is 19.6 Å². The molecule has 1 aromatic carbocycles. The van der Waals surface area contributed by atoms with E-state index in [0.29, 0.717) is 30.7 Å². The molecule has 2 fully saturated rings. The van der Waals surface area contributed by atoms with E-state index in [9.17, 15) is 13.2 Å². The second kappa shape index (κ2) is 8.77. The van der Waals surface area contributed by atoms with E-state index in [1.54, 1.807) is 26.0 Å². The molecule has 2 N–H and O–H groups in total. The van der Waals surface area contributed by atoms with Crippen molar-refractivity contribution < 1.29 is 17.9 Å². The highest BCUT2D eigenvalue weighted by Crippen LogP contribution is 2.27. The number of fused-ring (bicyclic) bond motifs is 2. The van der Waals surface area contributed by atoms with Gasteiger partial charge in [-0.15, -0.1) is 12.4 Å². The fraction of sp³-hybridized carbons (Fsp3) is 0.611. The summed E-state index contributed by atoms with van der Waals surface area (Å²) in [5.74, 6) is 0.0919. The Hall–Kier alpha value is -1.35. The van der Waals surface area contributed by atoms with Crippen LogP contribution in [0.2, 0.25) is 0 Å². The molecule has 1 amide bonds. The summed E-state index contributed by atoms with van der Waals surface area (Å²) in [4.78, 5) is 14.8. The lowest BCUT2D eigenvalue weighted by Gasteiger charge is -2.24. The molecule has 1 aromatic rings. The van der Waals surface area contributed by atoms with Crippen molar-refractivity contribution >= 4 is 28.3 Å². The third-order valence-corrected chi connectivity index (χ3v) is 6.58. The molecule has 2 aliphatic rings. The van der Waals surface area contributed by atoms with Gasteiger partial charge in [0.25, 0.3) is 5.91 Å². The van der Waals surface area contributed by atoms with Gasteiger partial charge in [-0.05, 0) is 51.3 Å². The highest BCUT2D eigenvalue weighted by atomic mass is 35.5. The molecule has 152 valence electrons. The van der Waals surface area contributed by atoms with Crippen molar-refractivity contribution in [3.05, 3.63) is 23.8 Å². The quantitative estimate of drug-likeness (QED) is 0.762. The first-order chi connectivity index (χ1) is 12.3. The Bertz CT molecular complexity index is 785. The lowest BCUT2D eigenvalue weighted by atomic mass is 10.1. The Morgan fingerprint density at radius 3 is 2.63 bits per heavy atom. The van der Waals surface area contributed by atoms with Crippen LogP contribution in [-0.4, -0.2) is 57.5 Å². The number of likely N-dealkylation sites (tertiary alicyclic amines) is 1. The van der Waals surface area contributed by atoms with Gasteiger partial charge in [0.05, 0.1) is 7.11 Å². The van der Waals surface area contributed by atoms with Gasteiger partial charge in [0.1, 0.15) is 10.6 Å². The van der Waals surface area contributed by atoms with Crippen LogP contribution in [0.4, 0.5) is 0 Å². The molecule has 0 aromatic heterocycles. The Kier molecular flexibility index (Phi) is 7.13. The molecule has 2 unspecified atom stereocenters. The molecular formula is C18H28ClN3O4S. The Labute approximate surface area is 167 Å². The van der Waals surface area contributed by atoms with E-state index in [-0.39, 0.29) is 35.0 Å². The number of carbonyl (C=O) groups excluding carboxylic acids is 1. The maximum atomic E-state index is 13.0. The van der Waals surface area contributed by atoms with Crippen LogP contribution < -0.4 is 14.8 Å². The van der Waals surface area contributed by atoms with E-state index < -0.39 is 10.0 Å². The Balaban J connectivity index is 0.00000261. The van der Waals surface area contributed by atoms with Crippen molar-refractivity contribution in [2.24, 2.45) is 0 Å². The molecule has 0 radical (unpaired) electrons. The minimum Gasteiger partial charge on any atom is -0.495 e. The van der Waals surface area contributed by atoms with E-state index in [4.69, 9.17) is 4.74 Å². The summed E-state index contributed by atoms with van der Waals surface area (Å²) in [6.07, 6.45) is 3.17. The van der Waals surface area contributed by atoms with Crippen LogP contribution in [0.25, 0.3) is 0 Å². The number of nitrogens with one attached hydrogen (secondary N) is 2. The van der Waals surface area contributed by atoms with Gasteiger partial charge in [-0.25, -0.2) is 13.1 Å². The molecule has 0 spiro atoms. The zero-order chi connectivity index (χ0) is 18.9. The largest absolute Gasteiger partial charge is 0.495 e. The number of carbonyl (C=O) groups is 1. The second-order valence-electron chi connectivity index (χ2n) is 7.32. The Morgan fingerprint density at radius 2 is 1.96 bits per heavy atom. The number of ether oxygens (including phenoxy) is 1. The molecule has 2 heterocycles. The number of methoxy groups -OCH3 is 1. The number of nitrogens with zero attached hydrogens (tertiary/aromatic N) is 1. The molecule has 2 saturated heterocycles. The lowest BCUT2D eigenvalue weighted by Crippen LogP contribution is -2.39. The van der Waals surface area contributed by atoms with Crippen molar-refractivity contribution in [1.29, 1.82) is 0 Å². The SMILES string of the molecule is COc1ccc(C(=O)N2CCC3CCC(C2)N3)cc1S(=O)(=O)NC(C)C.Cl. The molecule has 9 heteroatoms. The van der Waals surface area contributed by atoms with Crippen LogP contribution in [-0.2, 0) is 10.0 Å². The first-order valence-corrected chi connectivity index (χ1v) is 10.5. The van der Waals surface area contributed by atoms with Gasteiger partial charge >= 0.3 is 0 Å². The molecule has 2 aliphatic heterocycles. The van der Waals surface area contributed by atoms with Gasteiger partial charge in [-0.2, -0.15) is 0 Å². The number of amides is 1. The summed E-state index contributed by atoms with van der Waals surface area (Å²) in [6, 6.07) is 5.16. The van der Waals surface area contributed by atoms with Gasteiger partial charge in [0.15, 0.2) is 0 Å². The van der Waals surface area contributed by atoms with Crippen LogP contribution in [0.15, 0.2) is 23.1 Å². The minimum atomic E-state index is -3.76. The minimum absolute atomic E-state index is 0. The summed E-state index contributed by atoms with van der Waals surface area (Å²) >= 11 is 0. The number of halogens is 1.